The number of benzene rings is 1. The van der Waals surface area contributed by atoms with Crippen LogP contribution >= 0.6 is 11.8 Å². The summed E-state index contributed by atoms with van der Waals surface area (Å²) in [6.45, 7) is 2.93. The van der Waals surface area contributed by atoms with E-state index in [0.29, 0.717) is 0 Å². The van der Waals surface area contributed by atoms with Crippen LogP contribution in [-0.2, 0) is 9.59 Å². The number of para-hydroxylation sites is 1. The second-order valence-electron chi connectivity index (χ2n) is 5.00. The first kappa shape index (κ1) is 15.9. The lowest BCUT2D eigenvalue weighted by Crippen LogP contribution is -2.51. The quantitative estimate of drug-likeness (QED) is 0.863. The minimum Gasteiger partial charge on any atom is -0.481 e. The monoisotopic (exact) mass is 308 g/mol. The zero-order chi connectivity index (χ0) is 15.2. The average molecular weight is 308 g/mol. The van der Waals surface area contributed by atoms with Crippen molar-refractivity contribution in [2.24, 2.45) is 0 Å². The van der Waals surface area contributed by atoms with Crippen molar-refractivity contribution in [2.45, 2.75) is 19.4 Å². The molecule has 0 radical (unpaired) electrons. The van der Waals surface area contributed by atoms with Gasteiger partial charge in [-0.3, -0.25) is 9.59 Å². The Labute approximate surface area is 128 Å². The first-order valence-corrected chi connectivity index (χ1v) is 8.15. The van der Waals surface area contributed by atoms with E-state index in [1.165, 1.54) is 0 Å². The standard InChI is InChI=1S/C15H20N2O3S/c1-11-4-2-3-5-13(11)17(8-6-14(18)19)15(20)12-10-21-9-7-16-12/h2-5,12,16H,6-10H2,1H3,(H,18,19). The highest BCUT2D eigenvalue weighted by atomic mass is 32.2. The predicted octanol–water partition coefficient (Wildman–Crippen LogP) is 1.51. The minimum absolute atomic E-state index is 0.0437. The Morgan fingerprint density at radius 2 is 2.19 bits per heavy atom. The summed E-state index contributed by atoms with van der Waals surface area (Å²) in [6, 6.07) is 7.33. The maximum atomic E-state index is 12.7. The fourth-order valence-electron chi connectivity index (χ4n) is 2.34. The van der Waals surface area contributed by atoms with E-state index in [-0.39, 0.29) is 24.9 Å². The molecule has 2 N–H and O–H groups in total. The van der Waals surface area contributed by atoms with Crippen LogP contribution in [0.15, 0.2) is 24.3 Å². The molecule has 0 aliphatic carbocycles. The number of aryl methyl sites for hydroxylation is 1. The molecular formula is C15H20N2O3S. The third-order valence-electron chi connectivity index (χ3n) is 3.44. The molecule has 1 unspecified atom stereocenters. The van der Waals surface area contributed by atoms with Crippen LogP contribution in [0.5, 0.6) is 0 Å². The van der Waals surface area contributed by atoms with Gasteiger partial charge in [0.1, 0.15) is 0 Å². The zero-order valence-electron chi connectivity index (χ0n) is 12.0. The van der Waals surface area contributed by atoms with E-state index in [0.717, 1.165) is 29.3 Å². The molecule has 6 heteroatoms. The number of thioether (sulfide) groups is 1. The van der Waals surface area contributed by atoms with Gasteiger partial charge in [-0.05, 0) is 18.6 Å². The lowest BCUT2D eigenvalue weighted by molar-refractivity contribution is -0.136. The molecule has 2 rings (SSSR count). The molecule has 1 saturated heterocycles. The van der Waals surface area contributed by atoms with Crippen molar-refractivity contribution in [3.8, 4) is 0 Å². The number of carbonyl (C=O) groups excluding carboxylic acids is 1. The second kappa shape index (κ2) is 7.47. The maximum Gasteiger partial charge on any atom is 0.305 e. The summed E-state index contributed by atoms with van der Waals surface area (Å²) in [7, 11) is 0. The number of hydrogen-bond donors (Lipinski definition) is 2. The Bertz CT molecular complexity index is 515. The lowest BCUT2D eigenvalue weighted by Gasteiger charge is -2.30. The molecule has 1 atom stereocenters. The number of nitrogens with zero attached hydrogens (tertiary/aromatic N) is 1. The molecular weight excluding hydrogens is 288 g/mol. The highest BCUT2D eigenvalue weighted by molar-refractivity contribution is 7.99. The highest BCUT2D eigenvalue weighted by Gasteiger charge is 2.27. The molecule has 0 bridgehead atoms. The Morgan fingerprint density at radius 1 is 1.43 bits per heavy atom. The number of nitrogens with one attached hydrogen (secondary N) is 1. The molecule has 1 aromatic carbocycles. The maximum absolute atomic E-state index is 12.7. The minimum atomic E-state index is -0.896. The van der Waals surface area contributed by atoms with E-state index >= 15 is 0 Å². The SMILES string of the molecule is Cc1ccccc1N(CCC(=O)O)C(=O)C1CSCCN1. The molecule has 5 nitrogen and oxygen atoms in total. The van der Waals surface area contributed by atoms with Crippen LogP contribution in [0.2, 0.25) is 0 Å². The highest BCUT2D eigenvalue weighted by Crippen LogP contribution is 2.22. The van der Waals surface area contributed by atoms with E-state index in [1.807, 2.05) is 31.2 Å². The third kappa shape index (κ3) is 4.22. The van der Waals surface area contributed by atoms with Gasteiger partial charge in [-0.15, -0.1) is 0 Å². The van der Waals surface area contributed by atoms with Crippen molar-refractivity contribution < 1.29 is 14.7 Å². The van der Waals surface area contributed by atoms with Crippen LogP contribution in [0.25, 0.3) is 0 Å². The molecule has 0 saturated carbocycles. The first-order valence-electron chi connectivity index (χ1n) is 6.99. The lowest BCUT2D eigenvalue weighted by atomic mass is 10.1. The van der Waals surface area contributed by atoms with Crippen LogP contribution in [0, 0.1) is 6.92 Å². The summed E-state index contributed by atoms with van der Waals surface area (Å²) in [6.07, 6.45) is -0.0556. The van der Waals surface area contributed by atoms with Gasteiger partial charge in [0.05, 0.1) is 12.5 Å². The number of rotatable bonds is 5. The van der Waals surface area contributed by atoms with E-state index in [9.17, 15) is 9.59 Å². The Balaban J connectivity index is 2.20. The summed E-state index contributed by atoms with van der Waals surface area (Å²) >= 11 is 1.75. The number of aliphatic carboxylic acids is 1. The summed E-state index contributed by atoms with van der Waals surface area (Å²) in [5.74, 6) is 0.794. The number of carbonyl (C=O) groups is 2. The molecule has 0 spiro atoms. The number of amides is 1. The van der Waals surface area contributed by atoms with Crippen LogP contribution in [-0.4, -0.2) is 47.6 Å². The van der Waals surface area contributed by atoms with Crippen LogP contribution in [0.3, 0.4) is 0 Å². The second-order valence-corrected chi connectivity index (χ2v) is 6.15. The van der Waals surface area contributed by atoms with E-state index in [2.05, 4.69) is 5.32 Å². The number of carboxylic acid groups (broad SMARTS) is 1. The van der Waals surface area contributed by atoms with Crippen molar-refractivity contribution in [1.82, 2.24) is 5.32 Å². The predicted molar refractivity (Wildman–Crippen MR) is 84.9 cm³/mol. The molecule has 1 aliphatic rings. The summed E-state index contributed by atoms with van der Waals surface area (Å²) in [5.41, 5.74) is 1.76. The largest absolute Gasteiger partial charge is 0.481 e. The summed E-state index contributed by atoms with van der Waals surface area (Å²) in [4.78, 5) is 25.2. The van der Waals surface area contributed by atoms with Gasteiger partial charge in [-0.1, -0.05) is 18.2 Å². The first-order chi connectivity index (χ1) is 10.1. The van der Waals surface area contributed by atoms with Gasteiger partial charge in [0.15, 0.2) is 0 Å². The van der Waals surface area contributed by atoms with Crippen molar-refractivity contribution in [1.29, 1.82) is 0 Å². The van der Waals surface area contributed by atoms with Gasteiger partial charge in [0, 0.05) is 30.3 Å². The van der Waals surface area contributed by atoms with Crippen molar-refractivity contribution in [3.63, 3.8) is 0 Å². The van der Waals surface area contributed by atoms with Gasteiger partial charge in [-0.2, -0.15) is 11.8 Å². The van der Waals surface area contributed by atoms with Crippen LogP contribution < -0.4 is 10.2 Å². The molecule has 21 heavy (non-hydrogen) atoms. The third-order valence-corrected chi connectivity index (χ3v) is 4.50. The van der Waals surface area contributed by atoms with Gasteiger partial charge in [-0.25, -0.2) is 0 Å². The number of carboxylic acids is 1. The van der Waals surface area contributed by atoms with E-state index in [4.69, 9.17) is 5.11 Å². The van der Waals surface area contributed by atoms with Gasteiger partial charge >= 0.3 is 5.97 Å². The topological polar surface area (TPSA) is 69.6 Å². The normalized spacial score (nSPS) is 18.2. The molecule has 114 valence electrons. The van der Waals surface area contributed by atoms with Gasteiger partial charge in [0.25, 0.3) is 0 Å². The zero-order valence-corrected chi connectivity index (χ0v) is 12.9. The number of anilines is 1. The molecule has 1 aromatic rings. The van der Waals surface area contributed by atoms with Crippen LogP contribution in [0.1, 0.15) is 12.0 Å². The molecule has 1 heterocycles. The smallest absolute Gasteiger partial charge is 0.305 e. The number of hydrogen-bond acceptors (Lipinski definition) is 4. The van der Waals surface area contributed by atoms with Gasteiger partial charge in [0.2, 0.25) is 5.91 Å². The Morgan fingerprint density at radius 3 is 2.81 bits per heavy atom. The Kier molecular flexibility index (Phi) is 5.64. The van der Waals surface area contributed by atoms with E-state index in [1.54, 1.807) is 16.7 Å². The molecule has 1 fully saturated rings. The molecule has 1 amide bonds. The molecule has 0 aromatic heterocycles. The Hall–Kier alpha value is -1.53. The fourth-order valence-corrected chi connectivity index (χ4v) is 3.26. The van der Waals surface area contributed by atoms with Crippen molar-refractivity contribution in [3.05, 3.63) is 29.8 Å². The average Bonchev–Trinajstić information content (AvgIpc) is 2.49. The summed E-state index contributed by atoms with van der Waals surface area (Å²) in [5, 5.41) is 12.1. The van der Waals surface area contributed by atoms with Crippen LogP contribution in [0.4, 0.5) is 5.69 Å². The summed E-state index contributed by atoms with van der Waals surface area (Å²) < 4.78 is 0. The van der Waals surface area contributed by atoms with Gasteiger partial charge < -0.3 is 15.3 Å². The fraction of sp³-hybridized carbons (Fsp3) is 0.467. The molecule has 1 aliphatic heterocycles. The van der Waals surface area contributed by atoms with Crippen molar-refractivity contribution in [2.75, 3.05) is 29.5 Å². The van der Waals surface area contributed by atoms with E-state index < -0.39 is 5.97 Å². The van der Waals surface area contributed by atoms with Crippen molar-refractivity contribution >= 4 is 29.3 Å².